The molecule has 2 nitrogen and oxygen atoms in total. The maximum absolute atomic E-state index is 5.76. The Morgan fingerprint density at radius 2 is 2.25 bits per heavy atom. The van der Waals surface area contributed by atoms with E-state index >= 15 is 0 Å². The van der Waals surface area contributed by atoms with Crippen LogP contribution in [0.5, 0.6) is 0 Å². The summed E-state index contributed by atoms with van der Waals surface area (Å²) in [5.74, 6) is 0.646. The summed E-state index contributed by atoms with van der Waals surface area (Å²) in [6, 6.07) is 1.05. The van der Waals surface area contributed by atoms with Gasteiger partial charge in [-0.15, -0.1) is 6.58 Å². The molecule has 1 saturated heterocycles. The quantitative estimate of drug-likeness (QED) is 0.672. The highest BCUT2D eigenvalue weighted by molar-refractivity contribution is 4.84. The van der Waals surface area contributed by atoms with Gasteiger partial charge in [-0.2, -0.15) is 0 Å². The van der Waals surface area contributed by atoms with Crippen LogP contribution in [0, 0.1) is 5.92 Å². The zero-order chi connectivity index (χ0) is 12.0. The van der Waals surface area contributed by atoms with Crippen molar-refractivity contribution in [2.75, 3.05) is 6.61 Å². The van der Waals surface area contributed by atoms with Crippen LogP contribution >= 0.6 is 0 Å². The van der Waals surface area contributed by atoms with Crippen molar-refractivity contribution < 1.29 is 4.74 Å². The van der Waals surface area contributed by atoms with E-state index in [0.717, 1.165) is 19.4 Å². The normalized spacial score (nSPS) is 26.3. The Morgan fingerprint density at radius 3 is 2.75 bits per heavy atom. The maximum atomic E-state index is 5.76. The summed E-state index contributed by atoms with van der Waals surface area (Å²) in [6.07, 6.45) is 7.11. The Hall–Kier alpha value is -0.340. The van der Waals surface area contributed by atoms with Gasteiger partial charge in [0.05, 0.1) is 6.10 Å². The van der Waals surface area contributed by atoms with E-state index in [-0.39, 0.29) is 0 Å². The first-order chi connectivity index (χ1) is 7.69. The molecule has 0 aromatic rings. The number of ether oxygens (including phenoxy) is 1. The highest BCUT2D eigenvalue weighted by atomic mass is 16.5. The van der Waals surface area contributed by atoms with Crippen LogP contribution in [0.2, 0.25) is 0 Å². The summed E-state index contributed by atoms with van der Waals surface area (Å²) in [7, 11) is 0. The molecule has 2 heteroatoms. The molecule has 0 aliphatic carbocycles. The number of allylic oxidation sites excluding steroid dienone is 1. The molecule has 0 aromatic carbocycles. The van der Waals surface area contributed by atoms with Gasteiger partial charge in [0.25, 0.3) is 0 Å². The van der Waals surface area contributed by atoms with Crippen LogP contribution in [0.1, 0.15) is 46.5 Å². The van der Waals surface area contributed by atoms with Crippen LogP contribution < -0.4 is 5.32 Å². The Labute approximate surface area is 100 Å². The van der Waals surface area contributed by atoms with Crippen LogP contribution in [-0.2, 0) is 4.74 Å². The third-order valence-electron chi connectivity index (χ3n) is 3.72. The Kier molecular flexibility index (Phi) is 6.07. The second-order valence-corrected chi connectivity index (χ2v) is 5.02. The average molecular weight is 225 g/mol. The molecule has 1 N–H and O–H groups in total. The largest absolute Gasteiger partial charge is 0.377 e. The fourth-order valence-electron chi connectivity index (χ4n) is 2.38. The van der Waals surface area contributed by atoms with E-state index in [1.807, 2.05) is 6.08 Å². The fraction of sp³-hybridized carbons (Fsp3) is 0.857. The number of hydrogen-bond donors (Lipinski definition) is 1. The van der Waals surface area contributed by atoms with Gasteiger partial charge in [0.2, 0.25) is 0 Å². The van der Waals surface area contributed by atoms with Crippen molar-refractivity contribution in [3.63, 3.8) is 0 Å². The molecule has 1 aliphatic heterocycles. The first kappa shape index (κ1) is 13.7. The second-order valence-electron chi connectivity index (χ2n) is 5.02. The van der Waals surface area contributed by atoms with Gasteiger partial charge in [-0.05, 0) is 38.5 Å². The lowest BCUT2D eigenvalue weighted by molar-refractivity contribution is 0.0708. The zero-order valence-corrected chi connectivity index (χ0v) is 11.0. The molecular formula is C14H27NO. The molecule has 0 spiro atoms. The maximum Gasteiger partial charge on any atom is 0.0728 e. The van der Waals surface area contributed by atoms with Crippen LogP contribution in [0.3, 0.4) is 0 Å². The molecule has 0 bridgehead atoms. The van der Waals surface area contributed by atoms with Crippen molar-refractivity contribution in [1.82, 2.24) is 5.32 Å². The minimum atomic E-state index is 0.434. The molecule has 4 atom stereocenters. The van der Waals surface area contributed by atoms with E-state index in [2.05, 4.69) is 32.7 Å². The van der Waals surface area contributed by atoms with Gasteiger partial charge in [0.15, 0.2) is 0 Å². The molecule has 0 radical (unpaired) electrons. The molecular weight excluding hydrogens is 198 g/mol. The molecule has 1 aliphatic rings. The predicted octanol–water partition coefficient (Wildman–Crippen LogP) is 3.13. The summed E-state index contributed by atoms with van der Waals surface area (Å²) in [6.45, 7) is 11.5. The lowest BCUT2D eigenvalue weighted by atomic mass is 9.97. The Morgan fingerprint density at radius 1 is 1.50 bits per heavy atom. The zero-order valence-electron chi connectivity index (χ0n) is 11.0. The molecule has 1 heterocycles. The number of rotatable bonds is 7. The number of nitrogens with one attached hydrogen (secondary N) is 1. The predicted molar refractivity (Wildman–Crippen MR) is 69.6 cm³/mol. The van der Waals surface area contributed by atoms with Gasteiger partial charge >= 0.3 is 0 Å². The van der Waals surface area contributed by atoms with Crippen molar-refractivity contribution >= 4 is 0 Å². The molecule has 4 unspecified atom stereocenters. The van der Waals surface area contributed by atoms with Gasteiger partial charge in [-0.25, -0.2) is 0 Å². The lowest BCUT2D eigenvalue weighted by Gasteiger charge is -2.29. The Bertz CT molecular complexity index is 199. The standard InChI is InChI=1S/C14H27NO/c1-5-8-11(3)12(4)15-13(6-2)14-9-7-10-16-14/h5,11-15H,1,6-10H2,2-4H3. The summed E-state index contributed by atoms with van der Waals surface area (Å²) < 4.78 is 5.76. The third kappa shape index (κ3) is 3.91. The van der Waals surface area contributed by atoms with Crippen LogP contribution in [0.15, 0.2) is 12.7 Å². The minimum Gasteiger partial charge on any atom is -0.377 e. The van der Waals surface area contributed by atoms with Crippen LogP contribution in [0.25, 0.3) is 0 Å². The molecule has 16 heavy (non-hydrogen) atoms. The van der Waals surface area contributed by atoms with E-state index in [4.69, 9.17) is 4.74 Å². The fourth-order valence-corrected chi connectivity index (χ4v) is 2.38. The van der Waals surface area contributed by atoms with Gasteiger partial charge in [-0.1, -0.05) is 19.9 Å². The van der Waals surface area contributed by atoms with Crippen molar-refractivity contribution in [3.05, 3.63) is 12.7 Å². The van der Waals surface area contributed by atoms with Crippen LogP contribution in [0.4, 0.5) is 0 Å². The number of hydrogen-bond acceptors (Lipinski definition) is 2. The monoisotopic (exact) mass is 225 g/mol. The van der Waals surface area contributed by atoms with Gasteiger partial charge in [0.1, 0.15) is 0 Å². The second kappa shape index (κ2) is 7.08. The topological polar surface area (TPSA) is 21.3 Å². The molecule has 0 aromatic heterocycles. The summed E-state index contributed by atoms with van der Waals surface area (Å²) in [5.41, 5.74) is 0. The molecule has 0 amide bonds. The van der Waals surface area contributed by atoms with Crippen molar-refractivity contribution in [2.45, 2.75) is 64.6 Å². The van der Waals surface area contributed by atoms with E-state index in [1.165, 1.54) is 12.8 Å². The molecule has 1 fully saturated rings. The first-order valence-corrected chi connectivity index (χ1v) is 6.67. The van der Waals surface area contributed by atoms with Crippen molar-refractivity contribution in [2.24, 2.45) is 5.92 Å². The summed E-state index contributed by atoms with van der Waals surface area (Å²) in [5, 5.41) is 3.72. The van der Waals surface area contributed by atoms with Gasteiger partial charge in [0, 0.05) is 18.7 Å². The van der Waals surface area contributed by atoms with E-state index in [1.54, 1.807) is 0 Å². The van der Waals surface area contributed by atoms with Crippen molar-refractivity contribution in [3.8, 4) is 0 Å². The highest BCUT2D eigenvalue weighted by Crippen LogP contribution is 2.19. The van der Waals surface area contributed by atoms with E-state index in [9.17, 15) is 0 Å². The summed E-state index contributed by atoms with van der Waals surface area (Å²) in [4.78, 5) is 0. The summed E-state index contributed by atoms with van der Waals surface area (Å²) >= 11 is 0. The lowest BCUT2D eigenvalue weighted by Crippen LogP contribution is -2.46. The first-order valence-electron chi connectivity index (χ1n) is 6.67. The van der Waals surface area contributed by atoms with E-state index < -0.39 is 0 Å². The molecule has 0 saturated carbocycles. The van der Waals surface area contributed by atoms with Gasteiger partial charge < -0.3 is 10.1 Å². The van der Waals surface area contributed by atoms with Crippen molar-refractivity contribution in [1.29, 1.82) is 0 Å². The third-order valence-corrected chi connectivity index (χ3v) is 3.72. The Balaban J connectivity index is 2.39. The SMILES string of the molecule is C=CCC(C)C(C)NC(CC)C1CCCO1. The average Bonchev–Trinajstić information content (AvgIpc) is 2.79. The van der Waals surface area contributed by atoms with Crippen LogP contribution in [-0.4, -0.2) is 24.8 Å². The highest BCUT2D eigenvalue weighted by Gasteiger charge is 2.26. The molecule has 94 valence electrons. The minimum absolute atomic E-state index is 0.434. The van der Waals surface area contributed by atoms with Gasteiger partial charge in [-0.3, -0.25) is 0 Å². The van der Waals surface area contributed by atoms with E-state index in [0.29, 0.717) is 24.1 Å². The smallest absolute Gasteiger partial charge is 0.0728 e. The molecule has 1 rings (SSSR count).